The highest BCUT2D eigenvalue weighted by molar-refractivity contribution is 7.91. The quantitative estimate of drug-likeness (QED) is 0.648. The van der Waals surface area contributed by atoms with Gasteiger partial charge >= 0.3 is 5.97 Å². The van der Waals surface area contributed by atoms with Crippen LogP contribution in [0.1, 0.15) is 45.0 Å². The summed E-state index contributed by atoms with van der Waals surface area (Å²) in [5.74, 6) is -0.959. The van der Waals surface area contributed by atoms with E-state index in [1.54, 1.807) is 19.9 Å². The molecule has 0 radical (unpaired) electrons. The second-order valence-corrected chi connectivity index (χ2v) is 10.2. The van der Waals surface area contributed by atoms with Gasteiger partial charge in [0.05, 0.1) is 22.8 Å². The third-order valence-corrected chi connectivity index (χ3v) is 7.65. The highest BCUT2D eigenvalue weighted by atomic mass is 35.5. The lowest BCUT2D eigenvalue weighted by Gasteiger charge is -2.22. The molecular weight excluding hydrogens is 448 g/mol. The van der Waals surface area contributed by atoms with Crippen LogP contribution in [-0.2, 0) is 27.5 Å². The standard InChI is InChI=1S/C20H24N2O5S2.ClH/c1-4-27-20(24)17-15-9-10-22(3)12-16(15)28-19(17)21-18(23)13-7-6-8-14(11-13)29(25,26)5-2;/h6-8,11H,4-5,9-10,12H2,1-3H3,(H,21,23);1H. The van der Waals surface area contributed by atoms with Gasteiger partial charge in [0.1, 0.15) is 5.00 Å². The molecule has 0 bridgehead atoms. The monoisotopic (exact) mass is 472 g/mol. The highest BCUT2D eigenvalue weighted by Gasteiger charge is 2.29. The summed E-state index contributed by atoms with van der Waals surface area (Å²) in [6, 6.07) is 5.92. The van der Waals surface area contributed by atoms with Crippen molar-refractivity contribution < 1.29 is 22.7 Å². The van der Waals surface area contributed by atoms with Crippen molar-refractivity contribution in [2.24, 2.45) is 0 Å². The lowest BCUT2D eigenvalue weighted by Crippen LogP contribution is -2.26. The van der Waals surface area contributed by atoms with E-state index in [1.165, 1.54) is 29.5 Å². The normalized spacial score (nSPS) is 13.8. The van der Waals surface area contributed by atoms with E-state index >= 15 is 0 Å². The summed E-state index contributed by atoms with van der Waals surface area (Å²) in [6.07, 6.45) is 0.705. The number of nitrogens with zero attached hydrogens (tertiary/aromatic N) is 1. The van der Waals surface area contributed by atoms with E-state index < -0.39 is 21.7 Å². The number of sulfone groups is 1. The molecule has 1 aromatic heterocycles. The number of esters is 1. The Kier molecular flexibility index (Phi) is 8.04. The topological polar surface area (TPSA) is 92.8 Å². The lowest BCUT2D eigenvalue weighted by atomic mass is 10.0. The van der Waals surface area contributed by atoms with Crippen LogP contribution in [0.4, 0.5) is 5.00 Å². The van der Waals surface area contributed by atoms with Crippen molar-refractivity contribution in [2.75, 3.05) is 31.3 Å². The number of halogens is 1. The fourth-order valence-corrected chi connectivity index (χ4v) is 5.45. The van der Waals surface area contributed by atoms with Crippen LogP contribution in [0.15, 0.2) is 29.2 Å². The second kappa shape index (κ2) is 9.91. The minimum absolute atomic E-state index is 0. The van der Waals surface area contributed by atoms with E-state index in [0.29, 0.717) is 23.5 Å². The van der Waals surface area contributed by atoms with E-state index in [0.717, 1.165) is 17.0 Å². The van der Waals surface area contributed by atoms with Crippen LogP contribution in [0.25, 0.3) is 0 Å². The molecule has 1 amide bonds. The molecule has 1 aliphatic rings. The molecule has 1 N–H and O–H groups in total. The maximum absolute atomic E-state index is 12.8. The number of likely N-dealkylation sites (N-methyl/N-ethyl adjacent to an activating group) is 1. The molecule has 1 aromatic carbocycles. The molecule has 10 heteroatoms. The van der Waals surface area contributed by atoms with Crippen LogP contribution in [0.3, 0.4) is 0 Å². The number of amides is 1. The Hall–Kier alpha value is -1.94. The lowest BCUT2D eigenvalue weighted by molar-refractivity contribution is 0.0526. The third-order valence-electron chi connectivity index (χ3n) is 4.79. The fraction of sp³-hybridized carbons (Fsp3) is 0.400. The van der Waals surface area contributed by atoms with Gasteiger partial charge in [-0.05, 0) is 44.2 Å². The predicted molar refractivity (Wildman–Crippen MR) is 120 cm³/mol. The van der Waals surface area contributed by atoms with Crippen LogP contribution in [0.5, 0.6) is 0 Å². The van der Waals surface area contributed by atoms with E-state index in [2.05, 4.69) is 10.2 Å². The smallest absolute Gasteiger partial charge is 0.341 e. The zero-order valence-electron chi connectivity index (χ0n) is 17.1. The maximum atomic E-state index is 12.8. The van der Waals surface area contributed by atoms with Crippen molar-refractivity contribution in [2.45, 2.75) is 31.7 Å². The van der Waals surface area contributed by atoms with E-state index in [4.69, 9.17) is 4.74 Å². The molecule has 2 heterocycles. The van der Waals surface area contributed by atoms with Gasteiger partial charge < -0.3 is 15.0 Å². The fourth-order valence-electron chi connectivity index (χ4n) is 3.21. The zero-order valence-corrected chi connectivity index (χ0v) is 19.5. The average Bonchev–Trinajstić information content (AvgIpc) is 3.05. The summed E-state index contributed by atoms with van der Waals surface area (Å²) in [4.78, 5) is 28.7. The summed E-state index contributed by atoms with van der Waals surface area (Å²) >= 11 is 1.36. The molecule has 7 nitrogen and oxygen atoms in total. The first-order chi connectivity index (χ1) is 13.8. The van der Waals surface area contributed by atoms with Crippen LogP contribution < -0.4 is 5.32 Å². The number of anilines is 1. The highest BCUT2D eigenvalue weighted by Crippen LogP contribution is 2.37. The first-order valence-corrected chi connectivity index (χ1v) is 11.9. The van der Waals surface area contributed by atoms with Gasteiger partial charge in [0, 0.05) is 23.5 Å². The van der Waals surface area contributed by atoms with Gasteiger partial charge in [-0.25, -0.2) is 13.2 Å². The number of nitrogens with one attached hydrogen (secondary N) is 1. The molecule has 0 aliphatic carbocycles. The number of ether oxygens (including phenoxy) is 1. The molecule has 164 valence electrons. The van der Waals surface area contributed by atoms with Gasteiger partial charge in [0.15, 0.2) is 9.84 Å². The molecule has 0 saturated carbocycles. The summed E-state index contributed by atoms with van der Waals surface area (Å²) in [7, 11) is -1.42. The molecular formula is C20H25ClN2O5S2. The second-order valence-electron chi connectivity index (χ2n) is 6.80. The minimum atomic E-state index is -3.42. The molecule has 2 aromatic rings. The Morgan fingerprint density at radius 2 is 2.00 bits per heavy atom. The summed E-state index contributed by atoms with van der Waals surface area (Å²) < 4.78 is 29.4. The minimum Gasteiger partial charge on any atom is -0.462 e. The Morgan fingerprint density at radius 1 is 1.27 bits per heavy atom. The van der Waals surface area contributed by atoms with Gasteiger partial charge in [0.2, 0.25) is 0 Å². The number of hydrogen-bond acceptors (Lipinski definition) is 7. The van der Waals surface area contributed by atoms with Crippen molar-refractivity contribution in [1.82, 2.24) is 4.90 Å². The SMILES string of the molecule is CCOC(=O)c1c(NC(=O)c2cccc(S(=O)(=O)CC)c2)sc2c1CCN(C)C2.Cl. The zero-order chi connectivity index (χ0) is 21.2. The molecule has 0 spiro atoms. The number of thiophene rings is 1. The van der Waals surface area contributed by atoms with Gasteiger partial charge in [0.25, 0.3) is 5.91 Å². The molecule has 0 saturated heterocycles. The van der Waals surface area contributed by atoms with Gasteiger partial charge in [-0.3, -0.25) is 4.79 Å². The Labute approximate surface area is 186 Å². The summed E-state index contributed by atoms with van der Waals surface area (Å²) in [6.45, 7) is 5.06. The molecule has 3 rings (SSSR count). The summed E-state index contributed by atoms with van der Waals surface area (Å²) in [5.41, 5.74) is 1.55. The van der Waals surface area contributed by atoms with Crippen molar-refractivity contribution in [3.05, 3.63) is 45.8 Å². The van der Waals surface area contributed by atoms with Gasteiger partial charge in [-0.15, -0.1) is 23.7 Å². The maximum Gasteiger partial charge on any atom is 0.341 e. The van der Waals surface area contributed by atoms with E-state index in [9.17, 15) is 18.0 Å². The van der Waals surface area contributed by atoms with Crippen LogP contribution in [0.2, 0.25) is 0 Å². The largest absolute Gasteiger partial charge is 0.462 e. The van der Waals surface area contributed by atoms with Crippen LogP contribution >= 0.6 is 23.7 Å². The number of benzene rings is 1. The van der Waals surface area contributed by atoms with Gasteiger partial charge in [-0.2, -0.15) is 0 Å². The van der Waals surface area contributed by atoms with Crippen molar-refractivity contribution in [1.29, 1.82) is 0 Å². The summed E-state index contributed by atoms with van der Waals surface area (Å²) in [5, 5.41) is 3.24. The Morgan fingerprint density at radius 3 is 2.67 bits per heavy atom. The van der Waals surface area contributed by atoms with Crippen molar-refractivity contribution in [3.63, 3.8) is 0 Å². The Balaban J connectivity index is 0.00000320. The first-order valence-electron chi connectivity index (χ1n) is 9.41. The molecule has 0 atom stereocenters. The van der Waals surface area contributed by atoms with E-state index in [-0.39, 0.29) is 35.2 Å². The molecule has 0 unspecified atom stereocenters. The number of hydrogen-bond donors (Lipinski definition) is 1. The first kappa shape index (κ1) is 24.3. The van der Waals surface area contributed by atoms with Gasteiger partial charge in [-0.1, -0.05) is 13.0 Å². The van der Waals surface area contributed by atoms with Crippen LogP contribution in [0, 0.1) is 0 Å². The average molecular weight is 473 g/mol. The predicted octanol–water partition coefficient (Wildman–Crippen LogP) is 3.38. The third kappa shape index (κ3) is 5.03. The van der Waals surface area contributed by atoms with Crippen molar-refractivity contribution in [3.8, 4) is 0 Å². The molecule has 1 aliphatic heterocycles. The number of carbonyl (C=O) groups excluding carboxylic acids is 2. The van der Waals surface area contributed by atoms with Crippen LogP contribution in [-0.4, -0.2) is 51.1 Å². The molecule has 30 heavy (non-hydrogen) atoms. The van der Waals surface area contributed by atoms with E-state index in [1.807, 2.05) is 7.05 Å². The Bertz CT molecular complexity index is 1050. The number of carbonyl (C=O) groups is 2. The number of rotatable bonds is 6. The van der Waals surface area contributed by atoms with Crippen molar-refractivity contribution >= 4 is 50.5 Å². The number of fused-ring (bicyclic) bond motifs is 1. The molecule has 0 fully saturated rings.